The number of methoxy groups -OCH3 is 1. The largest absolute Gasteiger partial charge is 0.497 e. The number of benzene rings is 3. The quantitative estimate of drug-likeness (QED) is 0.160. The number of hydrogen-bond donors (Lipinski definition) is 1. The lowest BCUT2D eigenvalue weighted by atomic mass is 10.1. The fourth-order valence-electron chi connectivity index (χ4n) is 4.54. The molecule has 0 bridgehead atoms. The van der Waals surface area contributed by atoms with Crippen molar-refractivity contribution in [1.82, 2.24) is 10.2 Å². The molecule has 0 saturated carbocycles. The molecule has 0 aromatic heterocycles. The van der Waals surface area contributed by atoms with Crippen molar-refractivity contribution in [2.75, 3.05) is 18.0 Å². The second-order valence-corrected chi connectivity index (χ2v) is 13.1. The van der Waals surface area contributed by atoms with Gasteiger partial charge >= 0.3 is 0 Å². The first-order chi connectivity index (χ1) is 21.2. The molecule has 0 radical (unpaired) electrons. The highest BCUT2D eigenvalue weighted by Crippen LogP contribution is 2.30. The average Bonchev–Trinajstić information content (AvgIpc) is 3.00. The van der Waals surface area contributed by atoms with Gasteiger partial charge < -0.3 is 15.0 Å². The third-order valence-corrected chi connectivity index (χ3v) is 9.70. The van der Waals surface area contributed by atoms with Gasteiger partial charge in [-0.3, -0.25) is 24.0 Å². The number of carbonyl (C=O) groups is 2. The fraction of sp³-hybridized carbons (Fsp3) is 0.355. The van der Waals surface area contributed by atoms with Gasteiger partial charge in [-0.15, -0.1) is 0 Å². The van der Waals surface area contributed by atoms with Crippen LogP contribution >= 0.6 is 23.2 Å². The predicted octanol–water partition coefficient (Wildman–Crippen LogP) is 6.14. The molecule has 1 N–H and O–H groups in total. The number of ether oxygens (including phenoxy) is 1. The van der Waals surface area contributed by atoms with Crippen LogP contribution in [0.15, 0.2) is 65.6 Å². The van der Waals surface area contributed by atoms with Gasteiger partial charge in [-0.1, -0.05) is 49.2 Å². The van der Waals surface area contributed by atoms with E-state index in [-0.39, 0.29) is 45.9 Å². The van der Waals surface area contributed by atoms with Crippen LogP contribution in [0.2, 0.25) is 10.0 Å². The maximum Gasteiger partial charge on any atom is 0.273 e. The van der Waals surface area contributed by atoms with E-state index in [1.807, 2.05) is 13.8 Å². The smallest absolute Gasteiger partial charge is 0.273 e. The second-order valence-electron chi connectivity index (χ2n) is 10.4. The van der Waals surface area contributed by atoms with Gasteiger partial charge in [0.2, 0.25) is 11.8 Å². The molecule has 0 saturated heterocycles. The maximum atomic E-state index is 14.2. The summed E-state index contributed by atoms with van der Waals surface area (Å²) in [5.41, 5.74) is 0.491. The van der Waals surface area contributed by atoms with Crippen molar-refractivity contribution in [2.45, 2.75) is 64.1 Å². The molecule has 0 unspecified atom stereocenters. The number of anilines is 1. The molecule has 11 nitrogen and oxygen atoms in total. The van der Waals surface area contributed by atoms with Gasteiger partial charge in [0, 0.05) is 34.3 Å². The zero-order valence-corrected chi connectivity index (χ0v) is 27.9. The van der Waals surface area contributed by atoms with E-state index in [1.54, 1.807) is 19.1 Å². The van der Waals surface area contributed by atoms with Gasteiger partial charge in [-0.25, -0.2) is 8.42 Å². The van der Waals surface area contributed by atoms with Crippen molar-refractivity contribution in [1.29, 1.82) is 0 Å². The molecular formula is C31H36Cl2N4O7S. The van der Waals surface area contributed by atoms with E-state index in [4.69, 9.17) is 27.9 Å². The van der Waals surface area contributed by atoms with Crippen molar-refractivity contribution >= 4 is 56.4 Å². The molecule has 0 spiro atoms. The number of nitro benzene ring substituents is 1. The lowest BCUT2D eigenvalue weighted by molar-refractivity contribution is -0.385. The van der Waals surface area contributed by atoms with Crippen LogP contribution in [-0.2, 0) is 26.2 Å². The highest BCUT2D eigenvalue weighted by molar-refractivity contribution is 7.92. The first-order valence-electron chi connectivity index (χ1n) is 14.2. The van der Waals surface area contributed by atoms with Gasteiger partial charge in [-0.2, -0.15) is 0 Å². The van der Waals surface area contributed by atoms with Crippen LogP contribution in [0.25, 0.3) is 0 Å². The molecule has 2 amide bonds. The molecular weight excluding hydrogens is 643 g/mol. The maximum absolute atomic E-state index is 14.2. The Labute approximate surface area is 273 Å². The van der Waals surface area contributed by atoms with Crippen molar-refractivity contribution in [3.8, 4) is 5.75 Å². The van der Waals surface area contributed by atoms with Gasteiger partial charge in [-0.05, 0) is 74.7 Å². The molecule has 3 aromatic rings. The molecule has 3 aromatic carbocycles. The molecule has 0 heterocycles. The SMILES string of the molecule is CC[C@H](C)NC(=O)[C@H](CC)N(Cc1ccc(Cl)cc1Cl)C(=O)CN(c1ccc(OC)cc1)S(=O)(=O)c1ccc(C)c([N+](=O)[O-])c1. The van der Waals surface area contributed by atoms with Crippen molar-refractivity contribution < 1.29 is 27.7 Å². The van der Waals surface area contributed by atoms with E-state index in [0.717, 1.165) is 10.4 Å². The normalized spacial score (nSPS) is 12.6. The lowest BCUT2D eigenvalue weighted by Crippen LogP contribution is -2.53. The van der Waals surface area contributed by atoms with Crippen LogP contribution in [-0.4, -0.2) is 55.8 Å². The lowest BCUT2D eigenvalue weighted by Gasteiger charge is -2.34. The topological polar surface area (TPSA) is 139 Å². The van der Waals surface area contributed by atoms with Crippen molar-refractivity contribution in [3.63, 3.8) is 0 Å². The minimum Gasteiger partial charge on any atom is -0.497 e. The summed E-state index contributed by atoms with van der Waals surface area (Å²) >= 11 is 12.5. The highest BCUT2D eigenvalue weighted by Gasteiger charge is 2.35. The average molecular weight is 680 g/mol. The summed E-state index contributed by atoms with van der Waals surface area (Å²) in [4.78, 5) is 39.5. The number of carbonyl (C=O) groups excluding carboxylic acids is 2. The van der Waals surface area contributed by atoms with Crippen LogP contribution in [0.5, 0.6) is 5.75 Å². The Morgan fingerprint density at radius 3 is 2.24 bits per heavy atom. The molecule has 0 fully saturated rings. The highest BCUT2D eigenvalue weighted by atomic mass is 35.5. The zero-order chi connectivity index (χ0) is 33.5. The number of sulfonamides is 1. The minimum absolute atomic E-state index is 0.106. The standard InChI is InChI=1S/C31H36Cl2N4O7S/c1-6-21(4)34-31(39)28(7-2)35(18-22-9-10-23(32)16-27(22)33)30(38)19-36(24-11-13-25(44-5)14-12-24)45(42,43)26-15-8-20(3)29(17-26)37(40)41/h8-17,21,28H,6-7,18-19H2,1-5H3,(H,34,39)/t21-,28-/m0/s1. The monoisotopic (exact) mass is 678 g/mol. The Bertz CT molecular complexity index is 1650. The number of nitrogens with zero attached hydrogens (tertiary/aromatic N) is 3. The van der Waals surface area contributed by atoms with Crippen LogP contribution in [0, 0.1) is 17.0 Å². The number of nitrogens with one attached hydrogen (secondary N) is 1. The summed E-state index contributed by atoms with van der Waals surface area (Å²) < 4.78 is 34.3. The van der Waals surface area contributed by atoms with E-state index in [1.165, 1.54) is 61.4 Å². The molecule has 45 heavy (non-hydrogen) atoms. The first-order valence-corrected chi connectivity index (χ1v) is 16.4. The Morgan fingerprint density at radius 2 is 1.69 bits per heavy atom. The molecule has 0 aliphatic heterocycles. The van der Waals surface area contributed by atoms with Crippen molar-refractivity contribution in [2.24, 2.45) is 0 Å². The van der Waals surface area contributed by atoms with Gasteiger partial charge in [0.15, 0.2) is 0 Å². The Kier molecular flexibility index (Phi) is 12.2. The molecule has 242 valence electrons. The minimum atomic E-state index is -4.54. The summed E-state index contributed by atoms with van der Waals surface area (Å²) in [6, 6.07) is 13.1. The second kappa shape index (κ2) is 15.4. The number of hydrogen-bond acceptors (Lipinski definition) is 7. The molecule has 3 rings (SSSR count). The number of amides is 2. The summed E-state index contributed by atoms with van der Waals surface area (Å²) in [5.74, 6) is -0.661. The van der Waals surface area contributed by atoms with Crippen molar-refractivity contribution in [3.05, 3.63) is 92.0 Å². The molecule has 0 aliphatic rings. The summed E-state index contributed by atoms with van der Waals surface area (Å²) in [6.45, 7) is 6.14. The molecule has 0 aliphatic carbocycles. The number of halogens is 2. The van der Waals surface area contributed by atoms with Crippen LogP contribution in [0.3, 0.4) is 0 Å². The first kappa shape index (κ1) is 35.6. The predicted molar refractivity (Wildman–Crippen MR) is 174 cm³/mol. The van der Waals surface area contributed by atoms with E-state index in [0.29, 0.717) is 22.8 Å². The van der Waals surface area contributed by atoms with Gasteiger partial charge in [0.1, 0.15) is 18.3 Å². The van der Waals surface area contributed by atoms with Crippen LogP contribution < -0.4 is 14.4 Å². The Balaban J connectivity index is 2.14. The van der Waals surface area contributed by atoms with E-state index < -0.39 is 39.3 Å². The van der Waals surface area contributed by atoms with Crippen LogP contribution in [0.1, 0.15) is 44.7 Å². The third-order valence-electron chi connectivity index (χ3n) is 7.35. The third kappa shape index (κ3) is 8.65. The number of aryl methyl sites for hydroxylation is 1. The molecule has 14 heteroatoms. The zero-order valence-electron chi connectivity index (χ0n) is 25.6. The number of rotatable bonds is 14. The molecule has 2 atom stereocenters. The summed E-state index contributed by atoms with van der Waals surface area (Å²) in [5, 5.41) is 15.2. The van der Waals surface area contributed by atoms with E-state index >= 15 is 0 Å². The summed E-state index contributed by atoms with van der Waals surface area (Å²) in [6.07, 6.45) is 0.879. The van der Waals surface area contributed by atoms with Crippen LogP contribution in [0.4, 0.5) is 11.4 Å². The van der Waals surface area contributed by atoms with E-state index in [9.17, 15) is 28.1 Å². The fourth-order valence-corrected chi connectivity index (χ4v) is 6.45. The number of nitro groups is 1. The van der Waals surface area contributed by atoms with E-state index in [2.05, 4.69) is 5.32 Å². The van der Waals surface area contributed by atoms with Gasteiger partial charge in [0.05, 0.1) is 22.6 Å². The Morgan fingerprint density at radius 1 is 1.02 bits per heavy atom. The summed E-state index contributed by atoms with van der Waals surface area (Å²) in [7, 11) is -3.09. The Hall–Kier alpha value is -3.87. The van der Waals surface area contributed by atoms with Gasteiger partial charge in [0.25, 0.3) is 15.7 Å².